The van der Waals surface area contributed by atoms with Gasteiger partial charge in [0.15, 0.2) is 5.78 Å². The number of Topliss-reactive ketones (excluding diaryl/α,β-unsaturated/α-hetero) is 1. The summed E-state index contributed by atoms with van der Waals surface area (Å²) in [6, 6.07) is 2.64. The largest absolute Gasteiger partial charge is 0.398 e. The van der Waals surface area contributed by atoms with Crippen molar-refractivity contribution < 1.29 is 14.0 Å². The van der Waals surface area contributed by atoms with E-state index in [2.05, 4.69) is 5.10 Å². The molecule has 0 bridgehead atoms. The van der Waals surface area contributed by atoms with Gasteiger partial charge in [-0.05, 0) is 24.3 Å². The lowest BCUT2D eigenvalue weighted by atomic mass is 9.75. The Labute approximate surface area is 176 Å². The van der Waals surface area contributed by atoms with Gasteiger partial charge in [0.2, 0.25) is 0 Å². The monoisotopic (exact) mass is 414 g/mol. The van der Waals surface area contributed by atoms with E-state index in [1.54, 1.807) is 4.68 Å². The number of nitrogen functional groups attached to an aromatic ring is 1. The number of hydrogen-bond acceptors (Lipinski definition) is 4. The van der Waals surface area contributed by atoms with Gasteiger partial charge in [0.25, 0.3) is 5.91 Å². The van der Waals surface area contributed by atoms with Gasteiger partial charge in [0.1, 0.15) is 5.82 Å². The van der Waals surface area contributed by atoms with E-state index in [9.17, 15) is 14.0 Å². The van der Waals surface area contributed by atoms with Crippen LogP contribution in [0.3, 0.4) is 0 Å². The lowest BCUT2D eigenvalue weighted by molar-refractivity contribution is 0.0909. The fraction of sp³-hybridized carbons (Fsp3) is 0.522. The number of aromatic nitrogens is 2. The molecule has 2 aliphatic carbocycles. The number of benzene rings is 1. The van der Waals surface area contributed by atoms with Crippen LogP contribution in [0.2, 0.25) is 0 Å². The van der Waals surface area contributed by atoms with Crippen LogP contribution in [-0.4, -0.2) is 21.5 Å². The number of hydrogen-bond donors (Lipinski definition) is 2. The van der Waals surface area contributed by atoms with Gasteiger partial charge in [-0.15, -0.1) is 0 Å². The number of rotatable bonds is 3. The lowest BCUT2D eigenvalue weighted by Gasteiger charge is -2.29. The van der Waals surface area contributed by atoms with Crippen LogP contribution in [0.25, 0.3) is 5.69 Å². The van der Waals surface area contributed by atoms with Gasteiger partial charge >= 0.3 is 0 Å². The highest BCUT2D eigenvalue weighted by atomic mass is 19.1. The van der Waals surface area contributed by atoms with Gasteiger partial charge in [-0.25, -0.2) is 9.07 Å². The van der Waals surface area contributed by atoms with E-state index in [1.807, 2.05) is 20.8 Å². The summed E-state index contributed by atoms with van der Waals surface area (Å²) in [6.45, 7) is 5.95. The Hall–Kier alpha value is -2.70. The van der Waals surface area contributed by atoms with E-state index in [0.29, 0.717) is 36.2 Å². The second kappa shape index (κ2) is 8.58. The molecule has 1 fully saturated rings. The first-order valence-electron chi connectivity index (χ1n) is 10.7. The van der Waals surface area contributed by atoms with Crippen LogP contribution < -0.4 is 11.5 Å². The summed E-state index contributed by atoms with van der Waals surface area (Å²) in [4.78, 5) is 23.9. The van der Waals surface area contributed by atoms with E-state index >= 15 is 0 Å². The van der Waals surface area contributed by atoms with E-state index in [-0.39, 0.29) is 22.4 Å². The Balaban J connectivity index is 0.000000448. The smallest absolute Gasteiger partial charge is 0.253 e. The maximum Gasteiger partial charge on any atom is 0.253 e. The second-order valence-corrected chi connectivity index (χ2v) is 9.00. The maximum absolute atomic E-state index is 14.3. The molecule has 30 heavy (non-hydrogen) atoms. The number of ketones is 1. The van der Waals surface area contributed by atoms with E-state index in [4.69, 9.17) is 11.5 Å². The highest BCUT2D eigenvalue weighted by Gasteiger charge is 2.36. The highest BCUT2D eigenvalue weighted by molar-refractivity contribution is 6.00. The predicted molar refractivity (Wildman–Crippen MR) is 115 cm³/mol. The number of amides is 1. The van der Waals surface area contributed by atoms with Gasteiger partial charge in [-0.2, -0.15) is 5.10 Å². The molecule has 0 radical (unpaired) electrons. The molecule has 6 nitrogen and oxygen atoms in total. The number of primary amides is 1. The van der Waals surface area contributed by atoms with Crippen molar-refractivity contribution in [1.29, 1.82) is 0 Å². The molecule has 0 spiro atoms. The summed E-state index contributed by atoms with van der Waals surface area (Å²) in [6.07, 6.45) is 9.19. The molecule has 0 atom stereocenters. The van der Waals surface area contributed by atoms with Gasteiger partial charge in [0.05, 0.1) is 28.2 Å². The molecule has 1 saturated carbocycles. The molecule has 162 valence electrons. The van der Waals surface area contributed by atoms with Crippen LogP contribution >= 0.6 is 0 Å². The summed E-state index contributed by atoms with van der Waals surface area (Å²) in [5.74, 6) is -1.67. The van der Waals surface area contributed by atoms with Crippen molar-refractivity contribution in [1.82, 2.24) is 9.78 Å². The topological polar surface area (TPSA) is 104 Å². The first kappa shape index (κ1) is 22.0. The first-order valence-corrected chi connectivity index (χ1v) is 10.7. The van der Waals surface area contributed by atoms with Crippen molar-refractivity contribution in [3.8, 4) is 5.69 Å². The molecule has 1 amide bonds. The average Bonchev–Trinajstić information content (AvgIpc) is 3.31. The number of halogens is 1. The zero-order valence-electron chi connectivity index (χ0n) is 18.1. The molecule has 0 saturated heterocycles. The minimum atomic E-state index is -0.922. The summed E-state index contributed by atoms with van der Waals surface area (Å²) in [7, 11) is 0. The van der Waals surface area contributed by atoms with Gasteiger partial charge < -0.3 is 11.5 Å². The molecule has 0 unspecified atom stereocenters. The Morgan fingerprint density at radius 1 is 1.17 bits per heavy atom. The number of fused-ring (bicyclic) bond motifs is 1. The van der Waals surface area contributed by atoms with Crippen molar-refractivity contribution in [2.45, 2.75) is 72.1 Å². The van der Waals surface area contributed by atoms with E-state index < -0.39 is 11.7 Å². The molecule has 1 heterocycles. The Kier molecular flexibility index (Phi) is 6.29. The molecule has 2 aliphatic rings. The Bertz CT molecular complexity index is 943. The summed E-state index contributed by atoms with van der Waals surface area (Å²) >= 11 is 0. The van der Waals surface area contributed by atoms with Crippen LogP contribution in [0, 0.1) is 11.2 Å². The van der Waals surface area contributed by atoms with E-state index in [0.717, 1.165) is 5.69 Å². The summed E-state index contributed by atoms with van der Waals surface area (Å²) < 4.78 is 15.9. The normalized spacial score (nSPS) is 17.3. The molecule has 1 aromatic carbocycles. The van der Waals surface area contributed by atoms with E-state index in [1.165, 1.54) is 44.2 Å². The lowest BCUT2D eigenvalue weighted by Crippen LogP contribution is -2.28. The molecule has 7 heteroatoms. The number of carbonyl (C=O) groups is 2. The van der Waals surface area contributed by atoms with Gasteiger partial charge in [-0.3, -0.25) is 9.59 Å². The van der Waals surface area contributed by atoms with Crippen molar-refractivity contribution in [3.63, 3.8) is 0 Å². The minimum Gasteiger partial charge on any atom is -0.398 e. The third-order valence-corrected chi connectivity index (χ3v) is 5.80. The average molecular weight is 415 g/mol. The molecule has 2 aromatic rings. The molecule has 0 aliphatic heterocycles. The number of anilines is 1. The Morgan fingerprint density at radius 2 is 1.77 bits per heavy atom. The van der Waals surface area contributed by atoms with Crippen molar-refractivity contribution in [2.75, 3.05) is 5.73 Å². The fourth-order valence-corrected chi connectivity index (χ4v) is 4.37. The first-order chi connectivity index (χ1) is 14.1. The van der Waals surface area contributed by atoms with Crippen LogP contribution in [0.4, 0.5) is 10.1 Å². The van der Waals surface area contributed by atoms with Crippen molar-refractivity contribution >= 4 is 17.4 Å². The predicted octanol–water partition coefficient (Wildman–Crippen LogP) is 4.36. The fourth-order valence-electron chi connectivity index (χ4n) is 4.37. The van der Waals surface area contributed by atoms with Crippen molar-refractivity contribution in [3.05, 3.63) is 40.5 Å². The molecular formula is C23H31FN4O2. The van der Waals surface area contributed by atoms with Crippen molar-refractivity contribution in [2.24, 2.45) is 11.1 Å². The number of nitrogens with two attached hydrogens (primary N) is 2. The Morgan fingerprint density at radius 3 is 2.27 bits per heavy atom. The zero-order valence-corrected chi connectivity index (χ0v) is 18.1. The summed E-state index contributed by atoms with van der Waals surface area (Å²) in [5.41, 5.74) is 12.8. The molecular weight excluding hydrogens is 383 g/mol. The third-order valence-electron chi connectivity index (χ3n) is 5.80. The third kappa shape index (κ3) is 4.40. The van der Waals surface area contributed by atoms with Gasteiger partial charge in [-0.1, -0.05) is 52.9 Å². The minimum absolute atomic E-state index is 0.0498. The SMILES string of the molecule is C1CCCC1.CCc1nn(-c2cc(N)c(C(N)=O)c(F)c2)c2c1C(=O)CC(C)(C)C2. The second-order valence-electron chi connectivity index (χ2n) is 9.00. The highest BCUT2D eigenvalue weighted by Crippen LogP contribution is 2.37. The van der Waals surface area contributed by atoms with Crippen LogP contribution in [0.1, 0.15) is 91.4 Å². The van der Waals surface area contributed by atoms with Crippen LogP contribution in [0.15, 0.2) is 12.1 Å². The van der Waals surface area contributed by atoms with Crippen LogP contribution in [0.5, 0.6) is 0 Å². The zero-order chi connectivity index (χ0) is 22.1. The molecule has 4 rings (SSSR count). The number of carbonyl (C=O) groups excluding carboxylic acids is 2. The number of nitrogens with zero attached hydrogens (tertiary/aromatic N) is 2. The standard InChI is InChI=1S/C18H21FN4O2.C5H10/c1-4-12-16-13(7-18(2,3)8-14(16)24)23(22-12)9-5-10(19)15(17(21)25)11(20)6-9;1-2-4-5-3-1/h5-6H,4,7-8,20H2,1-3H3,(H2,21,25);1-5H2. The van der Waals surface area contributed by atoms with Gasteiger partial charge in [0, 0.05) is 18.2 Å². The quantitative estimate of drug-likeness (QED) is 0.728. The maximum atomic E-state index is 14.3. The molecule has 1 aromatic heterocycles. The molecule has 4 N–H and O–H groups in total. The van der Waals surface area contributed by atoms with Crippen LogP contribution in [-0.2, 0) is 12.8 Å². The summed E-state index contributed by atoms with van der Waals surface area (Å²) in [5, 5.41) is 4.51. The number of aryl methyl sites for hydroxylation is 1.